The number of carbonyl (C=O) groups excluding carboxylic acids is 1. The van der Waals surface area contributed by atoms with Crippen molar-refractivity contribution in [2.24, 2.45) is 5.92 Å². The van der Waals surface area contributed by atoms with E-state index in [1.807, 2.05) is 13.8 Å². The van der Waals surface area contributed by atoms with E-state index in [9.17, 15) is 9.18 Å². The van der Waals surface area contributed by atoms with Gasteiger partial charge >= 0.3 is 0 Å². The normalized spacial score (nSPS) is 12.9. The van der Waals surface area contributed by atoms with Gasteiger partial charge in [-0.15, -0.1) is 0 Å². The second-order valence-corrected chi connectivity index (χ2v) is 6.44. The average molecular weight is 386 g/mol. The van der Waals surface area contributed by atoms with Crippen molar-refractivity contribution in [1.82, 2.24) is 0 Å². The molecule has 0 heterocycles. The molecule has 17 heavy (non-hydrogen) atoms. The summed E-state index contributed by atoms with van der Waals surface area (Å²) < 4.78 is 13.6. The van der Waals surface area contributed by atoms with Crippen molar-refractivity contribution in [1.29, 1.82) is 0 Å². The molecule has 1 aromatic carbocycles. The molecular formula is C12H12Br2ClFO. The summed E-state index contributed by atoms with van der Waals surface area (Å²) in [6, 6.07) is 2.60. The van der Waals surface area contributed by atoms with Crippen LogP contribution < -0.4 is 0 Å². The first kappa shape index (κ1) is 15.1. The van der Waals surface area contributed by atoms with E-state index in [2.05, 4.69) is 31.9 Å². The van der Waals surface area contributed by atoms with E-state index in [4.69, 9.17) is 11.6 Å². The van der Waals surface area contributed by atoms with E-state index in [1.54, 1.807) is 0 Å². The van der Waals surface area contributed by atoms with Gasteiger partial charge in [0, 0.05) is 15.4 Å². The molecule has 1 unspecified atom stereocenters. The third-order valence-corrected chi connectivity index (χ3v) is 4.19. The summed E-state index contributed by atoms with van der Waals surface area (Å²) in [5.74, 6) is -0.332. The van der Waals surface area contributed by atoms with E-state index in [0.29, 0.717) is 15.9 Å². The Hall–Kier alpha value is 0.0700. The van der Waals surface area contributed by atoms with E-state index < -0.39 is 5.82 Å². The fourth-order valence-corrected chi connectivity index (χ4v) is 3.25. The fraction of sp³-hybridized carbons (Fsp3) is 0.417. The molecule has 1 aromatic rings. The van der Waals surface area contributed by atoms with Crippen LogP contribution in [0.2, 0.25) is 5.02 Å². The predicted octanol–water partition coefficient (Wildman–Crippen LogP) is 4.77. The van der Waals surface area contributed by atoms with Crippen molar-refractivity contribution >= 4 is 49.2 Å². The fourth-order valence-electron chi connectivity index (χ4n) is 1.41. The molecule has 0 saturated carbocycles. The van der Waals surface area contributed by atoms with Crippen molar-refractivity contribution in [2.45, 2.75) is 25.1 Å². The van der Waals surface area contributed by atoms with Crippen molar-refractivity contribution < 1.29 is 9.18 Å². The van der Waals surface area contributed by atoms with Gasteiger partial charge in [0.25, 0.3) is 0 Å². The smallest absolute Gasteiger partial charge is 0.149 e. The van der Waals surface area contributed by atoms with Gasteiger partial charge in [-0.25, -0.2) is 4.39 Å². The minimum absolute atomic E-state index is 0.0441. The highest BCUT2D eigenvalue weighted by Crippen LogP contribution is 2.29. The molecule has 0 aliphatic rings. The SMILES string of the molecule is CC(C)C(=O)C(Br)Cc1c(Cl)cc(F)cc1Br. The molecule has 1 nitrogen and oxygen atoms in total. The molecule has 0 aliphatic heterocycles. The van der Waals surface area contributed by atoms with E-state index in [-0.39, 0.29) is 16.5 Å². The van der Waals surface area contributed by atoms with Gasteiger partial charge in [-0.1, -0.05) is 57.3 Å². The Morgan fingerprint density at radius 1 is 1.47 bits per heavy atom. The number of alkyl halides is 1. The summed E-state index contributed by atoms with van der Waals surface area (Å²) in [6.45, 7) is 3.69. The zero-order valence-electron chi connectivity index (χ0n) is 9.44. The highest BCUT2D eigenvalue weighted by atomic mass is 79.9. The standard InChI is InChI=1S/C12H12Br2ClFO/c1-6(2)12(17)10(14)5-8-9(13)3-7(16)4-11(8)15/h3-4,6,10H,5H2,1-2H3. The molecule has 1 atom stereocenters. The van der Waals surface area contributed by atoms with E-state index in [1.165, 1.54) is 12.1 Å². The Morgan fingerprint density at radius 3 is 2.53 bits per heavy atom. The minimum Gasteiger partial charge on any atom is -0.298 e. The van der Waals surface area contributed by atoms with Crippen molar-refractivity contribution in [3.63, 3.8) is 0 Å². The summed E-state index contributed by atoms with van der Waals surface area (Å²) in [5.41, 5.74) is 0.740. The van der Waals surface area contributed by atoms with Gasteiger partial charge in [0.2, 0.25) is 0 Å². The molecule has 0 bridgehead atoms. The maximum Gasteiger partial charge on any atom is 0.149 e. The molecule has 0 aromatic heterocycles. The predicted molar refractivity (Wildman–Crippen MR) is 75.4 cm³/mol. The largest absolute Gasteiger partial charge is 0.298 e. The molecule has 0 saturated heterocycles. The molecule has 0 aliphatic carbocycles. The first-order valence-corrected chi connectivity index (χ1v) is 7.22. The molecule has 0 N–H and O–H groups in total. The van der Waals surface area contributed by atoms with Crippen LogP contribution in [0.4, 0.5) is 4.39 Å². The maximum atomic E-state index is 13.0. The summed E-state index contributed by atoms with van der Waals surface area (Å²) >= 11 is 12.6. The molecule has 0 radical (unpaired) electrons. The molecular weight excluding hydrogens is 374 g/mol. The maximum absolute atomic E-state index is 13.0. The average Bonchev–Trinajstić information content (AvgIpc) is 2.21. The third-order valence-electron chi connectivity index (χ3n) is 2.37. The molecule has 0 spiro atoms. The number of benzene rings is 1. The number of rotatable bonds is 4. The first-order valence-electron chi connectivity index (χ1n) is 5.14. The van der Waals surface area contributed by atoms with Crippen LogP contribution in [0.25, 0.3) is 0 Å². The highest BCUT2D eigenvalue weighted by molar-refractivity contribution is 9.10. The van der Waals surface area contributed by atoms with Gasteiger partial charge in [-0.2, -0.15) is 0 Å². The van der Waals surface area contributed by atoms with Gasteiger partial charge in [0.15, 0.2) is 0 Å². The highest BCUT2D eigenvalue weighted by Gasteiger charge is 2.21. The molecule has 5 heteroatoms. The molecule has 0 amide bonds. The van der Waals surface area contributed by atoms with Crippen LogP contribution >= 0.6 is 43.5 Å². The van der Waals surface area contributed by atoms with Crippen molar-refractivity contribution in [2.75, 3.05) is 0 Å². The number of ketones is 1. The Morgan fingerprint density at radius 2 is 2.06 bits per heavy atom. The third kappa shape index (κ3) is 4.04. The second kappa shape index (κ2) is 6.30. The number of hydrogen-bond acceptors (Lipinski definition) is 1. The molecule has 94 valence electrons. The van der Waals surface area contributed by atoms with Crippen LogP contribution in [0.1, 0.15) is 19.4 Å². The zero-order chi connectivity index (χ0) is 13.2. The topological polar surface area (TPSA) is 17.1 Å². The van der Waals surface area contributed by atoms with Crippen molar-refractivity contribution in [3.05, 3.63) is 33.0 Å². The van der Waals surface area contributed by atoms with Crippen LogP contribution in [0.15, 0.2) is 16.6 Å². The number of Topliss-reactive ketones (excluding diaryl/α,β-unsaturated/α-hetero) is 1. The Kier molecular flexibility index (Phi) is 5.61. The van der Waals surface area contributed by atoms with E-state index >= 15 is 0 Å². The molecule has 1 rings (SSSR count). The number of carbonyl (C=O) groups is 1. The Labute approximate surface area is 122 Å². The summed E-state index contributed by atoms with van der Waals surface area (Å²) in [6.07, 6.45) is 0.441. The van der Waals surface area contributed by atoms with Crippen LogP contribution in [0.3, 0.4) is 0 Å². The van der Waals surface area contributed by atoms with Crippen LogP contribution in [-0.4, -0.2) is 10.6 Å². The summed E-state index contributed by atoms with van der Waals surface area (Å²) in [5, 5.41) is 0.331. The van der Waals surface area contributed by atoms with Crippen LogP contribution in [-0.2, 0) is 11.2 Å². The number of hydrogen-bond donors (Lipinski definition) is 0. The van der Waals surface area contributed by atoms with Gasteiger partial charge in [0.05, 0.1) is 4.83 Å². The quantitative estimate of drug-likeness (QED) is 0.681. The van der Waals surface area contributed by atoms with Crippen LogP contribution in [0, 0.1) is 11.7 Å². The van der Waals surface area contributed by atoms with Gasteiger partial charge in [-0.05, 0) is 24.1 Å². The first-order chi connectivity index (χ1) is 7.82. The van der Waals surface area contributed by atoms with Gasteiger partial charge in [-0.3, -0.25) is 4.79 Å². The Balaban J connectivity index is 2.92. The lowest BCUT2D eigenvalue weighted by molar-refractivity contribution is -0.121. The molecule has 0 fully saturated rings. The van der Waals surface area contributed by atoms with Gasteiger partial charge in [0.1, 0.15) is 11.6 Å². The van der Waals surface area contributed by atoms with Crippen LogP contribution in [0.5, 0.6) is 0 Å². The zero-order valence-corrected chi connectivity index (χ0v) is 13.4. The summed E-state index contributed by atoms with van der Waals surface area (Å²) in [4.78, 5) is 11.5. The monoisotopic (exact) mass is 384 g/mol. The minimum atomic E-state index is -0.396. The lowest BCUT2D eigenvalue weighted by atomic mass is 10.0. The van der Waals surface area contributed by atoms with E-state index in [0.717, 1.165) is 5.56 Å². The summed E-state index contributed by atoms with van der Waals surface area (Å²) in [7, 11) is 0. The Bertz CT molecular complexity index is 412. The lowest BCUT2D eigenvalue weighted by Gasteiger charge is -2.14. The second-order valence-electron chi connectivity index (χ2n) is 4.08. The lowest BCUT2D eigenvalue weighted by Crippen LogP contribution is -2.22. The number of halogens is 4. The van der Waals surface area contributed by atoms with Crippen molar-refractivity contribution in [3.8, 4) is 0 Å². The van der Waals surface area contributed by atoms with Gasteiger partial charge < -0.3 is 0 Å².